The summed E-state index contributed by atoms with van der Waals surface area (Å²) in [6, 6.07) is 15.2. The number of aromatic nitrogens is 4. The Morgan fingerprint density at radius 3 is 2.81 bits per heavy atom. The van der Waals surface area contributed by atoms with Crippen LogP contribution in [0.5, 0.6) is 5.75 Å². The number of anilines is 1. The molecule has 2 aromatic carbocycles. The van der Waals surface area contributed by atoms with E-state index in [9.17, 15) is 5.11 Å². The van der Waals surface area contributed by atoms with Crippen LogP contribution in [-0.4, -0.2) is 25.0 Å². The molecule has 26 heavy (non-hydrogen) atoms. The predicted molar refractivity (Wildman–Crippen MR) is 102 cm³/mol. The first kappa shape index (κ1) is 16.1. The second kappa shape index (κ2) is 6.48. The Morgan fingerprint density at radius 1 is 1.08 bits per heavy atom. The van der Waals surface area contributed by atoms with Crippen molar-refractivity contribution in [2.45, 2.75) is 19.9 Å². The van der Waals surface area contributed by atoms with Crippen LogP contribution < -0.4 is 5.32 Å². The number of aromatic hydroxyl groups is 1. The number of nitrogens with one attached hydrogen (secondary N) is 2. The van der Waals surface area contributed by atoms with Gasteiger partial charge < -0.3 is 15.4 Å². The zero-order valence-electron chi connectivity index (χ0n) is 14.6. The smallest absolute Gasteiger partial charge is 0.130 e. The lowest BCUT2D eigenvalue weighted by atomic mass is 10.1. The lowest BCUT2D eigenvalue weighted by molar-refractivity contribution is 0.474. The number of phenols is 1. The van der Waals surface area contributed by atoms with Gasteiger partial charge in [0.15, 0.2) is 0 Å². The van der Waals surface area contributed by atoms with Gasteiger partial charge in [-0.1, -0.05) is 18.2 Å². The molecule has 0 bridgehead atoms. The van der Waals surface area contributed by atoms with Crippen LogP contribution in [0.2, 0.25) is 0 Å². The molecular formula is C20H19N5O. The average Bonchev–Trinajstić information content (AvgIpc) is 3.09. The SMILES string of the molecule is Cc1nc(NC(C)c2cccc(O)c2)cc(-c2ccc3nc[nH]c3c2)n1. The second-order valence-electron chi connectivity index (χ2n) is 6.28. The number of aromatic amines is 1. The number of hydrogen-bond donors (Lipinski definition) is 3. The number of fused-ring (bicyclic) bond motifs is 1. The molecule has 0 saturated heterocycles. The van der Waals surface area contributed by atoms with Gasteiger partial charge in [0, 0.05) is 11.6 Å². The van der Waals surface area contributed by atoms with Crippen molar-refractivity contribution < 1.29 is 5.11 Å². The van der Waals surface area contributed by atoms with Gasteiger partial charge in [0.25, 0.3) is 0 Å². The summed E-state index contributed by atoms with van der Waals surface area (Å²) in [7, 11) is 0. The molecule has 130 valence electrons. The number of hydrogen-bond acceptors (Lipinski definition) is 5. The monoisotopic (exact) mass is 345 g/mol. The number of phenolic OH excluding ortho intramolecular Hbond substituents is 1. The standard InChI is InChI=1S/C20H19N5O/c1-12(14-4-3-5-16(26)8-14)23-20-10-18(24-13(2)25-20)15-6-7-17-19(9-15)22-11-21-17/h3-12,26H,1-2H3,(H,21,22)(H,23,24,25). The highest BCUT2D eigenvalue weighted by atomic mass is 16.3. The Labute approximate surface area is 151 Å². The summed E-state index contributed by atoms with van der Waals surface area (Å²) in [6.45, 7) is 3.91. The third kappa shape index (κ3) is 3.21. The Balaban J connectivity index is 1.65. The summed E-state index contributed by atoms with van der Waals surface area (Å²) in [6.07, 6.45) is 1.68. The minimum absolute atomic E-state index is 0.000614. The molecule has 2 heterocycles. The molecule has 0 radical (unpaired) electrons. The first-order chi connectivity index (χ1) is 12.6. The summed E-state index contributed by atoms with van der Waals surface area (Å²) in [5, 5.41) is 13.1. The van der Waals surface area contributed by atoms with Crippen molar-refractivity contribution in [2.24, 2.45) is 0 Å². The highest BCUT2D eigenvalue weighted by molar-refractivity contribution is 5.81. The molecule has 1 atom stereocenters. The quantitative estimate of drug-likeness (QED) is 0.516. The molecule has 0 amide bonds. The fraction of sp³-hybridized carbons (Fsp3) is 0.150. The van der Waals surface area contributed by atoms with Crippen LogP contribution in [0.25, 0.3) is 22.3 Å². The third-order valence-corrected chi connectivity index (χ3v) is 4.29. The van der Waals surface area contributed by atoms with Crippen LogP contribution >= 0.6 is 0 Å². The summed E-state index contributed by atoms with van der Waals surface area (Å²) in [5.74, 6) is 1.69. The van der Waals surface area contributed by atoms with Crippen molar-refractivity contribution in [3.05, 3.63) is 66.2 Å². The normalized spacial score (nSPS) is 12.2. The largest absolute Gasteiger partial charge is 0.508 e. The number of imidazole rings is 1. The summed E-state index contributed by atoms with van der Waals surface area (Å²) in [5.41, 5.74) is 4.73. The van der Waals surface area contributed by atoms with E-state index in [0.29, 0.717) is 5.82 Å². The van der Waals surface area contributed by atoms with Crippen molar-refractivity contribution >= 4 is 16.9 Å². The maximum Gasteiger partial charge on any atom is 0.130 e. The van der Waals surface area contributed by atoms with E-state index in [1.54, 1.807) is 18.5 Å². The first-order valence-corrected chi connectivity index (χ1v) is 8.43. The molecular weight excluding hydrogens is 326 g/mol. The fourth-order valence-corrected chi connectivity index (χ4v) is 2.98. The van der Waals surface area contributed by atoms with E-state index in [4.69, 9.17) is 0 Å². The second-order valence-corrected chi connectivity index (χ2v) is 6.28. The van der Waals surface area contributed by atoms with E-state index in [0.717, 1.165) is 33.7 Å². The Hall–Kier alpha value is -3.41. The zero-order valence-corrected chi connectivity index (χ0v) is 14.6. The predicted octanol–water partition coefficient (Wildman–Crippen LogP) is 4.21. The Bertz CT molecular complexity index is 1070. The molecule has 6 heteroatoms. The first-order valence-electron chi connectivity index (χ1n) is 8.43. The van der Waals surface area contributed by atoms with Gasteiger partial charge in [-0.05, 0) is 43.7 Å². The number of H-pyrrole nitrogens is 1. The van der Waals surface area contributed by atoms with Gasteiger partial charge in [0.1, 0.15) is 17.4 Å². The van der Waals surface area contributed by atoms with Crippen LogP contribution in [0.1, 0.15) is 24.4 Å². The molecule has 4 rings (SSSR count). The summed E-state index contributed by atoms with van der Waals surface area (Å²) < 4.78 is 0. The number of rotatable bonds is 4. The van der Waals surface area contributed by atoms with Crippen molar-refractivity contribution in [1.29, 1.82) is 0 Å². The Morgan fingerprint density at radius 2 is 1.96 bits per heavy atom. The van der Waals surface area contributed by atoms with E-state index < -0.39 is 0 Å². The molecule has 4 aromatic rings. The molecule has 0 saturated carbocycles. The maximum absolute atomic E-state index is 9.67. The van der Waals surface area contributed by atoms with Gasteiger partial charge in [-0.15, -0.1) is 0 Å². The number of aryl methyl sites for hydroxylation is 1. The minimum Gasteiger partial charge on any atom is -0.508 e. The average molecular weight is 345 g/mol. The molecule has 0 aliphatic rings. The minimum atomic E-state index is -0.000614. The van der Waals surface area contributed by atoms with Gasteiger partial charge in [-0.2, -0.15) is 0 Å². The molecule has 0 fully saturated rings. The lowest BCUT2D eigenvalue weighted by Gasteiger charge is -2.16. The fourth-order valence-electron chi connectivity index (χ4n) is 2.98. The molecule has 0 aliphatic heterocycles. The van der Waals surface area contributed by atoms with Gasteiger partial charge >= 0.3 is 0 Å². The van der Waals surface area contributed by atoms with Crippen molar-refractivity contribution in [2.75, 3.05) is 5.32 Å². The topological polar surface area (TPSA) is 86.7 Å². The molecule has 0 aliphatic carbocycles. The summed E-state index contributed by atoms with van der Waals surface area (Å²) in [4.78, 5) is 16.4. The van der Waals surface area contributed by atoms with Gasteiger partial charge in [-0.3, -0.25) is 0 Å². The zero-order chi connectivity index (χ0) is 18.1. The number of nitrogens with zero attached hydrogens (tertiary/aromatic N) is 3. The van der Waals surface area contributed by atoms with Crippen LogP contribution in [0.3, 0.4) is 0 Å². The third-order valence-electron chi connectivity index (χ3n) is 4.29. The maximum atomic E-state index is 9.67. The van der Waals surface area contributed by atoms with Crippen LogP contribution in [-0.2, 0) is 0 Å². The van der Waals surface area contributed by atoms with Crippen LogP contribution in [0, 0.1) is 6.92 Å². The van der Waals surface area contributed by atoms with E-state index in [-0.39, 0.29) is 11.8 Å². The molecule has 1 unspecified atom stereocenters. The van der Waals surface area contributed by atoms with E-state index in [1.165, 1.54) is 0 Å². The molecule has 0 spiro atoms. The van der Waals surface area contributed by atoms with Crippen molar-refractivity contribution in [3.8, 4) is 17.0 Å². The summed E-state index contributed by atoms with van der Waals surface area (Å²) >= 11 is 0. The number of benzene rings is 2. The lowest BCUT2D eigenvalue weighted by Crippen LogP contribution is -2.09. The van der Waals surface area contributed by atoms with E-state index in [2.05, 4.69) is 25.3 Å². The van der Waals surface area contributed by atoms with Gasteiger partial charge in [0.05, 0.1) is 29.1 Å². The highest BCUT2D eigenvalue weighted by Gasteiger charge is 2.10. The van der Waals surface area contributed by atoms with Crippen molar-refractivity contribution in [1.82, 2.24) is 19.9 Å². The molecule has 6 nitrogen and oxygen atoms in total. The molecule has 3 N–H and O–H groups in total. The van der Waals surface area contributed by atoms with Crippen LogP contribution in [0.15, 0.2) is 54.9 Å². The molecule has 2 aromatic heterocycles. The van der Waals surface area contributed by atoms with Gasteiger partial charge in [0.2, 0.25) is 0 Å². The van der Waals surface area contributed by atoms with Gasteiger partial charge in [-0.25, -0.2) is 15.0 Å². The van der Waals surface area contributed by atoms with Crippen LogP contribution in [0.4, 0.5) is 5.82 Å². The highest BCUT2D eigenvalue weighted by Crippen LogP contribution is 2.26. The van der Waals surface area contributed by atoms with E-state index >= 15 is 0 Å². The van der Waals surface area contributed by atoms with Crippen molar-refractivity contribution in [3.63, 3.8) is 0 Å². The van der Waals surface area contributed by atoms with E-state index in [1.807, 2.05) is 50.2 Å². The Kier molecular flexibility index (Phi) is 4.01.